The van der Waals surface area contributed by atoms with Gasteiger partial charge in [-0.2, -0.15) is 0 Å². The van der Waals surface area contributed by atoms with E-state index >= 15 is 0 Å². The molecule has 1 aliphatic rings. The molecule has 3 aromatic carbocycles. The number of fused-ring (bicyclic) bond motifs is 3. The third kappa shape index (κ3) is 2.01. The maximum atomic E-state index is 6.41. The molecule has 1 unspecified atom stereocenters. The molecule has 0 radical (unpaired) electrons. The third-order valence-electron chi connectivity index (χ3n) is 4.57. The van der Waals surface area contributed by atoms with Gasteiger partial charge in [0.25, 0.3) is 0 Å². The lowest BCUT2D eigenvalue weighted by atomic mass is 9.85. The Kier molecular flexibility index (Phi) is 2.75. The Morgan fingerprint density at radius 3 is 2.48 bits per heavy atom. The molecule has 1 aliphatic heterocycles. The highest BCUT2D eigenvalue weighted by Crippen LogP contribution is 2.41. The van der Waals surface area contributed by atoms with Crippen molar-refractivity contribution < 1.29 is 4.74 Å². The zero-order chi connectivity index (χ0) is 14.3. The summed E-state index contributed by atoms with van der Waals surface area (Å²) < 4.78 is 6.41. The molecule has 1 heteroatoms. The van der Waals surface area contributed by atoms with E-state index in [2.05, 4.69) is 73.7 Å². The van der Waals surface area contributed by atoms with E-state index in [-0.39, 0.29) is 5.60 Å². The molecule has 0 bridgehead atoms. The Balaban J connectivity index is 1.81. The molecule has 0 amide bonds. The number of hydrogen-bond acceptors (Lipinski definition) is 1. The number of ether oxygens (including phenoxy) is 1. The first-order chi connectivity index (χ1) is 10.3. The first-order valence-electron chi connectivity index (χ1n) is 7.51. The van der Waals surface area contributed by atoms with E-state index in [1.54, 1.807) is 0 Å². The topological polar surface area (TPSA) is 9.23 Å². The van der Waals surface area contributed by atoms with Crippen molar-refractivity contribution in [3.63, 3.8) is 0 Å². The highest BCUT2D eigenvalue weighted by atomic mass is 16.5. The summed E-state index contributed by atoms with van der Waals surface area (Å²) in [5, 5.41) is 2.62. The van der Waals surface area contributed by atoms with Gasteiger partial charge in [-0.3, -0.25) is 0 Å². The van der Waals surface area contributed by atoms with Gasteiger partial charge in [0.05, 0.1) is 0 Å². The summed E-state index contributed by atoms with van der Waals surface area (Å²) in [7, 11) is 0. The first kappa shape index (κ1) is 12.5. The number of benzene rings is 3. The normalized spacial score (nSPS) is 20.8. The molecule has 0 fully saturated rings. The Hall–Kier alpha value is -2.28. The van der Waals surface area contributed by atoms with Gasteiger partial charge in [0.2, 0.25) is 0 Å². The van der Waals surface area contributed by atoms with Crippen LogP contribution in [0, 0.1) is 0 Å². The lowest BCUT2D eigenvalue weighted by molar-refractivity contribution is 0.0631. The van der Waals surface area contributed by atoms with Gasteiger partial charge in [-0.05, 0) is 42.2 Å². The SMILES string of the molecule is CC1(c2ccccc2)CCc2c(ccc3ccccc23)O1. The summed E-state index contributed by atoms with van der Waals surface area (Å²) >= 11 is 0. The van der Waals surface area contributed by atoms with E-state index in [1.165, 1.54) is 21.9 Å². The van der Waals surface area contributed by atoms with Crippen molar-refractivity contribution in [2.75, 3.05) is 0 Å². The van der Waals surface area contributed by atoms with Crippen molar-refractivity contribution in [3.05, 3.63) is 77.9 Å². The maximum absolute atomic E-state index is 6.41. The highest BCUT2D eigenvalue weighted by Gasteiger charge is 2.33. The smallest absolute Gasteiger partial charge is 0.132 e. The lowest BCUT2D eigenvalue weighted by Crippen LogP contribution is -2.33. The van der Waals surface area contributed by atoms with Crippen LogP contribution in [0.25, 0.3) is 10.8 Å². The Labute approximate surface area is 125 Å². The van der Waals surface area contributed by atoms with Gasteiger partial charge in [0.1, 0.15) is 11.4 Å². The van der Waals surface area contributed by atoms with Crippen molar-refractivity contribution in [2.24, 2.45) is 0 Å². The molecule has 0 saturated heterocycles. The fourth-order valence-corrected chi connectivity index (χ4v) is 3.32. The van der Waals surface area contributed by atoms with Crippen LogP contribution in [0.4, 0.5) is 0 Å². The predicted octanol–water partition coefficient (Wildman–Crippen LogP) is 5.08. The largest absolute Gasteiger partial charge is 0.483 e. The van der Waals surface area contributed by atoms with Crippen LogP contribution in [-0.2, 0) is 12.0 Å². The van der Waals surface area contributed by atoms with Gasteiger partial charge in [0.15, 0.2) is 0 Å². The average molecular weight is 274 g/mol. The van der Waals surface area contributed by atoms with Gasteiger partial charge in [0, 0.05) is 5.56 Å². The fraction of sp³-hybridized carbons (Fsp3) is 0.200. The van der Waals surface area contributed by atoms with Crippen molar-refractivity contribution in [2.45, 2.75) is 25.4 Å². The Morgan fingerprint density at radius 2 is 1.62 bits per heavy atom. The van der Waals surface area contributed by atoms with Crippen molar-refractivity contribution >= 4 is 10.8 Å². The van der Waals surface area contributed by atoms with Crippen LogP contribution >= 0.6 is 0 Å². The second-order valence-corrected chi connectivity index (χ2v) is 5.96. The van der Waals surface area contributed by atoms with Crippen LogP contribution in [0.1, 0.15) is 24.5 Å². The minimum atomic E-state index is -0.225. The van der Waals surface area contributed by atoms with E-state index in [4.69, 9.17) is 4.74 Å². The monoisotopic (exact) mass is 274 g/mol. The van der Waals surface area contributed by atoms with Gasteiger partial charge >= 0.3 is 0 Å². The quantitative estimate of drug-likeness (QED) is 0.601. The van der Waals surface area contributed by atoms with E-state index in [9.17, 15) is 0 Å². The molecule has 0 N–H and O–H groups in total. The lowest BCUT2D eigenvalue weighted by Gasteiger charge is -2.36. The summed E-state index contributed by atoms with van der Waals surface area (Å²) in [5.74, 6) is 1.03. The van der Waals surface area contributed by atoms with Crippen LogP contribution in [-0.4, -0.2) is 0 Å². The summed E-state index contributed by atoms with van der Waals surface area (Å²) in [6.45, 7) is 2.19. The summed E-state index contributed by atoms with van der Waals surface area (Å²) in [6.07, 6.45) is 2.07. The van der Waals surface area contributed by atoms with E-state index in [0.717, 1.165) is 18.6 Å². The molecular formula is C20H18O. The van der Waals surface area contributed by atoms with E-state index < -0.39 is 0 Å². The predicted molar refractivity (Wildman–Crippen MR) is 86.7 cm³/mol. The van der Waals surface area contributed by atoms with Crippen LogP contribution in [0.15, 0.2) is 66.7 Å². The number of aryl methyl sites for hydroxylation is 1. The van der Waals surface area contributed by atoms with Gasteiger partial charge in [-0.15, -0.1) is 0 Å². The van der Waals surface area contributed by atoms with Gasteiger partial charge in [-0.1, -0.05) is 60.7 Å². The molecule has 0 aliphatic carbocycles. The zero-order valence-corrected chi connectivity index (χ0v) is 12.2. The zero-order valence-electron chi connectivity index (χ0n) is 12.2. The standard InChI is InChI=1S/C20H18O/c1-20(16-8-3-2-4-9-16)14-13-18-17-10-6-5-7-15(17)11-12-19(18)21-20/h2-12H,13-14H2,1H3. The molecule has 104 valence electrons. The molecule has 1 heterocycles. The first-order valence-corrected chi connectivity index (χ1v) is 7.51. The molecule has 1 atom stereocenters. The molecule has 4 rings (SSSR count). The van der Waals surface area contributed by atoms with Crippen molar-refractivity contribution in [3.8, 4) is 5.75 Å². The molecule has 21 heavy (non-hydrogen) atoms. The molecule has 3 aromatic rings. The van der Waals surface area contributed by atoms with Crippen LogP contribution < -0.4 is 4.74 Å². The fourth-order valence-electron chi connectivity index (χ4n) is 3.32. The molecular weight excluding hydrogens is 256 g/mol. The Morgan fingerprint density at radius 1 is 0.857 bits per heavy atom. The molecule has 0 aromatic heterocycles. The van der Waals surface area contributed by atoms with E-state index in [1.807, 2.05) is 0 Å². The van der Waals surface area contributed by atoms with Crippen LogP contribution in [0.5, 0.6) is 5.75 Å². The van der Waals surface area contributed by atoms with Crippen LogP contribution in [0.2, 0.25) is 0 Å². The summed E-state index contributed by atoms with van der Waals surface area (Å²) in [6, 6.07) is 23.4. The Bertz CT molecular complexity index is 791. The summed E-state index contributed by atoms with van der Waals surface area (Å²) in [4.78, 5) is 0. The maximum Gasteiger partial charge on any atom is 0.132 e. The summed E-state index contributed by atoms with van der Waals surface area (Å²) in [5.41, 5.74) is 2.38. The van der Waals surface area contributed by atoms with Crippen LogP contribution in [0.3, 0.4) is 0 Å². The minimum Gasteiger partial charge on any atom is -0.483 e. The molecule has 0 spiro atoms. The third-order valence-corrected chi connectivity index (χ3v) is 4.57. The van der Waals surface area contributed by atoms with Gasteiger partial charge < -0.3 is 4.74 Å². The van der Waals surface area contributed by atoms with E-state index in [0.29, 0.717) is 0 Å². The second-order valence-electron chi connectivity index (χ2n) is 5.96. The molecule has 1 nitrogen and oxygen atoms in total. The highest BCUT2D eigenvalue weighted by molar-refractivity contribution is 5.88. The van der Waals surface area contributed by atoms with Crippen molar-refractivity contribution in [1.29, 1.82) is 0 Å². The number of hydrogen-bond donors (Lipinski definition) is 0. The minimum absolute atomic E-state index is 0.225. The number of rotatable bonds is 1. The second kappa shape index (κ2) is 4.63. The van der Waals surface area contributed by atoms with Gasteiger partial charge in [-0.25, -0.2) is 0 Å². The average Bonchev–Trinajstić information content (AvgIpc) is 2.55. The van der Waals surface area contributed by atoms with Crippen molar-refractivity contribution in [1.82, 2.24) is 0 Å². The molecule has 0 saturated carbocycles.